The number of nitrogens with zero attached hydrogens (tertiary/aromatic N) is 7. The van der Waals surface area contributed by atoms with Crippen molar-refractivity contribution >= 4 is 23.5 Å². The van der Waals surface area contributed by atoms with Crippen LogP contribution in [-0.4, -0.2) is 48.3 Å². The van der Waals surface area contributed by atoms with Crippen LogP contribution in [0.4, 0.5) is 19.1 Å². The number of esters is 1. The maximum atomic E-state index is 13.6. The molecule has 5 rings (SSSR count). The molecule has 0 saturated carbocycles. The van der Waals surface area contributed by atoms with Crippen LogP contribution in [0.25, 0.3) is 33.8 Å². The summed E-state index contributed by atoms with van der Waals surface area (Å²) in [4.78, 5) is 32.8. The quantitative estimate of drug-likeness (QED) is 0.308. The summed E-state index contributed by atoms with van der Waals surface area (Å²) < 4.78 is 48.3. The highest BCUT2D eigenvalue weighted by atomic mass is 19.4. The van der Waals surface area contributed by atoms with Crippen LogP contribution in [0.5, 0.6) is 0 Å². The Morgan fingerprint density at radius 2 is 1.80 bits per heavy atom. The summed E-state index contributed by atoms with van der Waals surface area (Å²) in [6.07, 6.45) is -3.08. The lowest BCUT2D eigenvalue weighted by molar-refractivity contribution is -0.137. The summed E-state index contributed by atoms with van der Waals surface area (Å²) in [6.45, 7) is 2.93. The van der Waals surface area contributed by atoms with Gasteiger partial charge in [0.2, 0.25) is 11.9 Å². The molecule has 0 saturated heterocycles. The number of hydrogen-bond donors (Lipinski definition) is 1. The Labute approximate surface area is 229 Å². The minimum absolute atomic E-state index is 0.0638. The maximum absolute atomic E-state index is 13.6. The molecule has 2 aromatic carbocycles. The smallest absolute Gasteiger partial charge is 0.416 e. The highest BCUT2D eigenvalue weighted by Gasteiger charge is 2.31. The van der Waals surface area contributed by atoms with E-state index in [9.17, 15) is 28.0 Å². The second-order valence-corrected chi connectivity index (χ2v) is 8.83. The van der Waals surface area contributed by atoms with Gasteiger partial charge in [0.15, 0.2) is 11.5 Å². The molecule has 0 aliphatic carbocycles. The van der Waals surface area contributed by atoms with Crippen LogP contribution in [0, 0.1) is 18.3 Å². The van der Waals surface area contributed by atoms with E-state index in [-0.39, 0.29) is 34.4 Å². The average Bonchev–Trinajstić information content (AvgIpc) is 3.55. The van der Waals surface area contributed by atoms with Gasteiger partial charge in [-0.2, -0.15) is 23.4 Å². The van der Waals surface area contributed by atoms with E-state index in [1.54, 1.807) is 31.2 Å². The van der Waals surface area contributed by atoms with Crippen LogP contribution in [0.2, 0.25) is 0 Å². The minimum Gasteiger partial charge on any atom is -0.463 e. The first-order valence-electron chi connectivity index (χ1n) is 11.9. The molecule has 5 aromatic rings. The normalized spacial score (nSPS) is 11.3. The molecule has 0 bridgehead atoms. The van der Waals surface area contributed by atoms with E-state index in [1.807, 2.05) is 6.07 Å². The molecule has 1 amide bonds. The van der Waals surface area contributed by atoms with Gasteiger partial charge in [-0.15, -0.1) is 10.2 Å². The Hall–Kier alpha value is -5.58. The number of carbonyl (C=O) groups excluding carboxylic acids is 2. The summed E-state index contributed by atoms with van der Waals surface area (Å²) in [5.74, 6) is -1.46. The van der Waals surface area contributed by atoms with Crippen LogP contribution in [0.15, 0.2) is 54.7 Å². The lowest BCUT2D eigenvalue weighted by Gasteiger charge is -2.15. The van der Waals surface area contributed by atoms with Crippen LogP contribution in [0.1, 0.15) is 34.2 Å². The van der Waals surface area contributed by atoms with Gasteiger partial charge in [-0.3, -0.25) is 10.1 Å². The summed E-state index contributed by atoms with van der Waals surface area (Å²) in [6, 6.07) is 13.1. The van der Waals surface area contributed by atoms with Crippen LogP contribution in [0.3, 0.4) is 0 Å². The first-order valence-corrected chi connectivity index (χ1v) is 11.9. The molecule has 14 heteroatoms. The summed E-state index contributed by atoms with van der Waals surface area (Å²) in [5, 5.41) is 20.2. The number of rotatable bonds is 5. The van der Waals surface area contributed by atoms with E-state index in [1.165, 1.54) is 41.6 Å². The highest BCUT2D eigenvalue weighted by Crippen LogP contribution is 2.38. The van der Waals surface area contributed by atoms with Crippen molar-refractivity contribution in [1.29, 1.82) is 5.26 Å². The van der Waals surface area contributed by atoms with Crippen LogP contribution in [-0.2, 0) is 15.7 Å². The van der Waals surface area contributed by atoms with Crippen LogP contribution >= 0.6 is 0 Å². The number of carbonyl (C=O) groups is 2. The predicted octanol–water partition coefficient (Wildman–Crippen LogP) is 4.59. The molecule has 41 heavy (non-hydrogen) atoms. The van der Waals surface area contributed by atoms with Gasteiger partial charge in [0, 0.05) is 24.2 Å². The number of ether oxygens (including phenoxy) is 1. The van der Waals surface area contributed by atoms with Gasteiger partial charge in [0.25, 0.3) is 5.82 Å². The maximum Gasteiger partial charge on any atom is 0.416 e. The fourth-order valence-corrected chi connectivity index (χ4v) is 4.26. The van der Waals surface area contributed by atoms with Crippen molar-refractivity contribution in [3.63, 3.8) is 0 Å². The minimum atomic E-state index is -4.60. The average molecular weight is 560 g/mol. The molecular weight excluding hydrogens is 541 g/mol. The van der Waals surface area contributed by atoms with Gasteiger partial charge in [-0.25, -0.2) is 19.0 Å². The Morgan fingerprint density at radius 3 is 2.44 bits per heavy atom. The third-order valence-electron chi connectivity index (χ3n) is 6.11. The van der Waals surface area contributed by atoms with E-state index in [0.717, 1.165) is 12.1 Å². The van der Waals surface area contributed by atoms with Gasteiger partial charge in [-0.1, -0.05) is 12.1 Å². The highest BCUT2D eigenvalue weighted by molar-refractivity contribution is 5.90. The molecule has 0 aliphatic rings. The molecule has 0 radical (unpaired) electrons. The number of anilines is 1. The van der Waals surface area contributed by atoms with Crippen molar-refractivity contribution in [3.8, 4) is 34.3 Å². The molecule has 3 heterocycles. The molecule has 0 unspecified atom stereocenters. The Balaban J connectivity index is 1.82. The molecule has 0 fully saturated rings. The van der Waals surface area contributed by atoms with Crippen molar-refractivity contribution in [1.82, 2.24) is 29.4 Å². The number of nitrogens with one attached hydrogen (secondary N) is 1. The number of alkyl halides is 3. The molecule has 3 aromatic heterocycles. The molecular formula is C27H19F3N8O3. The van der Waals surface area contributed by atoms with Gasteiger partial charge in [0.1, 0.15) is 0 Å². The number of aromatic nitrogens is 6. The van der Waals surface area contributed by atoms with E-state index in [0.29, 0.717) is 22.4 Å². The number of nitriles is 1. The second kappa shape index (κ2) is 10.2. The monoisotopic (exact) mass is 560 g/mol. The van der Waals surface area contributed by atoms with E-state index >= 15 is 0 Å². The first kappa shape index (κ1) is 27.0. The SMILES string of the molecule is COC(=O)c1nc(-c2cn3nc(NC(C)=O)nc3c(-c3cccc(C(F)(F)F)c3)c2C)n(-c2ccc(C#N)cc2)n1. The molecule has 1 N–H and O–H groups in total. The molecule has 0 aliphatic heterocycles. The van der Waals surface area contributed by atoms with Crippen molar-refractivity contribution < 1.29 is 27.5 Å². The number of halogens is 3. The van der Waals surface area contributed by atoms with Crippen molar-refractivity contribution in [2.75, 3.05) is 12.4 Å². The molecule has 0 spiro atoms. The molecule has 206 valence electrons. The van der Waals surface area contributed by atoms with Gasteiger partial charge in [-0.05, 0) is 54.4 Å². The zero-order chi connectivity index (χ0) is 29.5. The van der Waals surface area contributed by atoms with Crippen molar-refractivity contribution in [2.45, 2.75) is 20.0 Å². The third kappa shape index (κ3) is 5.08. The Morgan fingerprint density at radius 1 is 1.07 bits per heavy atom. The zero-order valence-electron chi connectivity index (χ0n) is 21.7. The van der Waals surface area contributed by atoms with E-state index in [2.05, 4.69) is 25.5 Å². The number of hydrogen-bond acceptors (Lipinski definition) is 8. The van der Waals surface area contributed by atoms with Crippen molar-refractivity contribution in [2.24, 2.45) is 0 Å². The fourth-order valence-electron chi connectivity index (χ4n) is 4.26. The first-order chi connectivity index (χ1) is 19.5. The van der Waals surface area contributed by atoms with Crippen LogP contribution < -0.4 is 5.32 Å². The van der Waals surface area contributed by atoms with E-state index in [4.69, 9.17) is 4.74 Å². The van der Waals surface area contributed by atoms with Crippen molar-refractivity contribution in [3.05, 3.63) is 77.2 Å². The van der Waals surface area contributed by atoms with Gasteiger partial charge in [0.05, 0.1) is 30.0 Å². The Kier molecular flexibility index (Phi) is 6.71. The lowest BCUT2D eigenvalue weighted by Crippen LogP contribution is -2.07. The van der Waals surface area contributed by atoms with Gasteiger partial charge < -0.3 is 4.74 Å². The number of fused-ring (bicyclic) bond motifs is 1. The number of benzene rings is 2. The molecule has 0 atom stereocenters. The number of amides is 1. The zero-order valence-corrected chi connectivity index (χ0v) is 21.7. The number of methoxy groups -OCH3 is 1. The predicted molar refractivity (Wildman–Crippen MR) is 139 cm³/mol. The summed E-state index contributed by atoms with van der Waals surface area (Å²) in [7, 11) is 1.17. The lowest BCUT2D eigenvalue weighted by atomic mass is 9.96. The summed E-state index contributed by atoms with van der Waals surface area (Å²) in [5.41, 5.74) is 1.39. The fraction of sp³-hybridized carbons (Fsp3) is 0.148. The topological polar surface area (TPSA) is 140 Å². The second-order valence-electron chi connectivity index (χ2n) is 8.83. The number of pyridine rings is 1. The van der Waals surface area contributed by atoms with E-state index < -0.39 is 23.6 Å². The third-order valence-corrected chi connectivity index (χ3v) is 6.11. The molecule has 11 nitrogen and oxygen atoms in total. The summed E-state index contributed by atoms with van der Waals surface area (Å²) >= 11 is 0. The largest absolute Gasteiger partial charge is 0.463 e. The van der Waals surface area contributed by atoms with Gasteiger partial charge >= 0.3 is 12.1 Å². The standard InChI is InChI=1S/C27H19F3N8O3/c1-14-20(23-33-22(25(40)41-3)35-38(23)19-9-7-16(12-31)8-10-19)13-37-24(34-26(36-37)32-15(2)39)21(14)17-5-4-6-18(11-17)27(28,29)30/h4-11,13H,1-3H3,(H,32,36,39). The Bertz CT molecular complexity index is 1870.